The van der Waals surface area contributed by atoms with Gasteiger partial charge in [-0.3, -0.25) is 0 Å². The van der Waals surface area contributed by atoms with Gasteiger partial charge in [0.05, 0.1) is 27.8 Å². The predicted octanol–water partition coefficient (Wildman–Crippen LogP) is 17.8. The van der Waals surface area contributed by atoms with Crippen molar-refractivity contribution in [3.8, 4) is 16.8 Å². The maximum absolute atomic E-state index is 2.53. The summed E-state index contributed by atoms with van der Waals surface area (Å²) in [5.74, 6) is 0. The van der Waals surface area contributed by atoms with Crippen molar-refractivity contribution in [1.29, 1.82) is 0 Å². The molecular weight excluding hydrogens is 849 g/mol. The molecule has 0 radical (unpaired) electrons. The Kier molecular flexibility index (Phi) is 7.84. The van der Waals surface area contributed by atoms with E-state index in [4.69, 9.17) is 0 Å². The van der Waals surface area contributed by atoms with Crippen molar-refractivity contribution in [2.75, 3.05) is 4.90 Å². The molecule has 15 rings (SSSR count). The third kappa shape index (κ3) is 5.12. The third-order valence-electron chi connectivity index (χ3n) is 14.6. The molecule has 0 fully saturated rings. The molecule has 67 heavy (non-hydrogen) atoms. The fourth-order valence-electron chi connectivity index (χ4n) is 11.9. The van der Waals surface area contributed by atoms with Gasteiger partial charge < -0.3 is 9.47 Å². The third-order valence-corrected chi connectivity index (χ3v) is 16.9. The molecule has 3 heterocycles. The van der Waals surface area contributed by atoms with Crippen LogP contribution in [-0.4, -0.2) is 4.57 Å². The first-order valence-corrected chi connectivity index (χ1v) is 24.6. The summed E-state index contributed by atoms with van der Waals surface area (Å²) in [4.78, 5) is 5.12. The summed E-state index contributed by atoms with van der Waals surface area (Å²) in [7, 11) is 0. The largest absolute Gasteiger partial charge is 0.310 e. The van der Waals surface area contributed by atoms with E-state index in [0.717, 1.165) is 17.1 Å². The molecule has 0 atom stereocenters. The van der Waals surface area contributed by atoms with Crippen LogP contribution in [0.15, 0.2) is 240 Å². The van der Waals surface area contributed by atoms with Crippen LogP contribution in [0.1, 0.15) is 22.3 Å². The van der Waals surface area contributed by atoms with E-state index in [1.807, 2.05) is 23.1 Å². The van der Waals surface area contributed by atoms with Gasteiger partial charge in [-0.25, -0.2) is 0 Å². The molecule has 312 valence electrons. The van der Waals surface area contributed by atoms with Gasteiger partial charge in [-0.05, 0) is 122 Å². The molecule has 0 N–H and O–H groups in total. The van der Waals surface area contributed by atoms with E-state index in [1.54, 1.807) is 0 Å². The first-order valence-electron chi connectivity index (χ1n) is 23.0. The molecule has 13 aromatic rings. The number of rotatable bonds is 4. The Balaban J connectivity index is 1.03. The summed E-state index contributed by atoms with van der Waals surface area (Å²) in [6.07, 6.45) is 0. The van der Waals surface area contributed by atoms with E-state index in [1.165, 1.54) is 112 Å². The van der Waals surface area contributed by atoms with Crippen molar-refractivity contribution >= 4 is 104 Å². The summed E-state index contributed by atoms with van der Waals surface area (Å²) < 4.78 is 5.11. The highest BCUT2D eigenvalue weighted by Gasteiger charge is 2.48. The lowest BCUT2D eigenvalue weighted by Crippen LogP contribution is -2.36. The number of fused-ring (bicyclic) bond motifs is 15. The Labute approximate surface area is 395 Å². The zero-order valence-corrected chi connectivity index (χ0v) is 37.8. The minimum atomic E-state index is -0.563. The molecule has 0 saturated carbocycles. The average Bonchev–Trinajstić information content (AvgIpc) is 3.94. The van der Waals surface area contributed by atoms with Crippen LogP contribution in [0.4, 0.5) is 17.1 Å². The minimum absolute atomic E-state index is 0.563. The van der Waals surface area contributed by atoms with Gasteiger partial charge in [-0.15, -0.1) is 11.3 Å². The first kappa shape index (κ1) is 37.3. The van der Waals surface area contributed by atoms with Crippen molar-refractivity contribution < 1.29 is 0 Å². The number of para-hydroxylation sites is 1. The molecule has 11 aromatic carbocycles. The second-order valence-corrected chi connectivity index (χ2v) is 20.1. The van der Waals surface area contributed by atoms with Crippen LogP contribution in [-0.2, 0) is 5.41 Å². The van der Waals surface area contributed by atoms with Crippen LogP contribution in [0.5, 0.6) is 0 Å². The smallest absolute Gasteiger partial charge is 0.0736 e. The van der Waals surface area contributed by atoms with Crippen molar-refractivity contribution in [2.24, 2.45) is 0 Å². The second kappa shape index (κ2) is 14.1. The van der Waals surface area contributed by atoms with E-state index in [0.29, 0.717) is 0 Å². The zero-order chi connectivity index (χ0) is 43.8. The minimum Gasteiger partial charge on any atom is -0.310 e. The van der Waals surface area contributed by atoms with Gasteiger partial charge in [0.15, 0.2) is 0 Å². The van der Waals surface area contributed by atoms with E-state index in [-0.39, 0.29) is 0 Å². The van der Waals surface area contributed by atoms with E-state index < -0.39 is 5.41 Å². The predicted molar refractivity (Wildman–Crippen MR) is 285 cm³/mol. The van der Waals surface area contributed by atoms with Crippen molar-refractivity contribution in [1.82, 2.24) is 4.57 Å². The lowest BCUT2D eigenvalue weighted by Gasteiger charge is -2.46. The summed E-state index contributed by atoms with van der Waals surface area (Å²) in [5, 5.41) is 10.1. The fourth-order valence-corrected chi connectivity index (χ4v) is 14.3. The Morgan fingerprint density at radius 1 is 0.373 bits per heavy atom. The molecule has 1 aliphatic carbocycles. The SMILES string of the molecule is c1ccc2c(c1)Sc1ccccc1C21c2cc(N(c3ccc4c(c3)c3ccccc3n4-c3cccc4sc5ccccc5c34)c3cccc4ccccc34)ccc2-c2cccc3cccc1c23. The first-order chi connectivity index (χ1) is 33.2. The van der Waals surface area contributed by atoms with Crippen molar-refractivity contribution in [3.05, 3.63) is 253 Å². The molecule has 2 aliphatic rings. The van der Waals surface area contributed by atoms with Crippen LogP contribution in [0.25, 0.3) is 80.3 Å². The second-order valence-electron chi connectivity index (χ2n) is 17.9. The number of hydrogen-bond acceptors (Lipinski definition) is 3. The number of aromatic nitrogens is 1. The van der Waals surface area contributed by atoms with E-state index in [9.17, 15) is 0 Å². The summed E-state index contributed by atoms with van der Waals surface area (Å²) in [6.45, 7) is 0. The number of benzene rings is 11. The number of thiophene rings is 1. The van der Waals surface area contributed by atoms with Gasteiger partial charge in [0.1, 0.15) is 0 Å². The molecule has 0 unspecified atom stereocenters. The van der Waals surface area contributed by atoms with Gasteiger partial charge >= 0.3 is 0 Å². The molecule has 0 saturated heterocycles. The molecular formula is C63H38N2S2. The van der Waals surface area contributed by atoms with Gasteiger partial charge in [0.2, 0.25) is 0 Å². The van der Waals surface area contributed by atoms with E-state index >= 15 is 0 Å². The maximum Gasteiger partial charge on any atom is 0.0736 e. The van der Waals surface area contributed by atoms with Crippen molar-refractivity contribution in [2.45, 2.75) is 15.2 Å². The van der Waals surface area contributed by atoms with Crippen LogP contribution in [0.3, 0.4) is 0 Å². The maximum atomic E-state index is 2.53. The van der Waals surface area contributed by atoms with Crippen molar-refractivity contribution in [3.63, 3.8) is 0 Å². The average molecular weight is 887 g/mol. The normalized spacial score (nSPS) is 13.4. The standard InChI is InChI=1S/C63H38N2S2/c1-2-19-43-39(15-1)16-13-27-53(43)64(41-34-36-55-48(37-41)45-20-3-7-26-54(45)65(55)56-28-14-32-60-62(56)47-21-4-8-29-57(47)66-60)42-33-35-44-46-22-11-17-40-18-12-25-51(61(40)46)63(52(44)38-42)49-23-5-9-30-58(49)67-59-31-10-6-24-50(59)63/h1-38H. The van der Waals surface area contributed by atoms with E-state index in [2.05, 4.69) is 240 Å². The molecule has 4 heteroatoms. The molecule has 1 spiro atoms. The van der Waals surface area contributed by atoms with Gasteiger partial charge in [0.25, 0.3) is 0 Å². The van der Waals surface area contributed by atoms with Crippen LogP contribution in [0.2, 0.25) is 0 Å². The summed E-state index contributed by atoms with van der Waals surface area (Å²) in [5.41, 5.74) is 14.3. The molecule has 0 bridgehead atoms. The number of hydrogen-bond donors (Lipinski definition) is 0. The Morgan fingerprint density at radius 3 is 1.85 bits per heavy atom. The fraction of sp³-hybridized carbons (Fsp3) is 0.0159. The highest BCUT2D eigenvalue weighted by atomic mass is 32.2. The topological polar surface area (TPSA) is 8.17 Å². The van der Waals surface area contributed by atoms with Crippen LogP contribution < -0.4 is 4.90 Å². The number of nitrogens with zero attached hydrogens (tertiary/aromatic N) is 2. The van der Waals surface area contributed by atoms with Crippen LogP contribution in [0, 0.1) is 0 Å². The summed E-state index contributed by atoms with van der Waals surface area (Å²) >= 11 is 3.76. The lowest BCUT2D eigenvalue weighted by molar-refractivity contribution is 0.707. The summed E-state index contributed by atoms with van der Waals surface area (Å²) in [6, 6.07) is 86.6. The zero-order valence-electron chi connectivity index (χ0n) is 36.2. The molecule has 2 aromatic heterocycles. The van der Waals surface area contributed by atoms with Crippen LogP contribution >= 0.6 is 23.1 Å². The lowest BCUT2D eigenvalue weighted by atomic mass is 9.59. The number of anilines is 3. The molecule has 1 aliphatic heterocycles. The highest BCUT2D eigenvalue weighted by Crippen LogP contribution is 2.62. The highest BCUT2D eigenvalue weighted by molar-refractivity contribution is 7.99. The monoisotopic (exact) mass is 886 g/mol. The molecule has 0 amide bonds. The quantitative estimate of drug-likeness (QED) is 0.174. The van der Waals surface area contributed by atoms with Gasteiger partial charge in [-0.1, -0.05) is 169 Å². The van der Waals surface area contributed by atoms with Gasteiger partial charge in [0, 0.05) is 57.5 Å². The Morgan fingerprint density at radius 2 is 0.985 bits per heavy atom. The molecule has 2 nitrogen and oxygen atoms in total. The van der Waals surface area contributed by atoms with Gasteiger partial charge in [-0.2, -0.15) is 0 Å². The Bertz CT molecular complexity index is 4170. The Hall–Kier alpha value is -7.89.